The van der Waals surface area contributed by atoms with Gasteiger partial charge in [0.05, 0.1) is 19.1 Å². The van der Waals surface area contributed by atoms with Crippen LogP contribution in [0.3, 0.4) is 0 Å². The van der Waals surface area contributed by atoms with E-state index >= 15 is 0 Å². The number of methoxy groups -OCH3 is 1. The van der Waals surface area contributed by atoms with E-state index in [2.05, 4.69) is 0 Å². The van der Waals surface area contributed by atoms with Crippen LogP contribution >= 0.6 is 0 Å². The first-order chi connectivity index (χ1) is 16.2. The Morgan fingerprint density at radius 3 is 2.38 bits per heavy atom. The summed E-state index contributed by atoms with van der Waals surface area (Å²) in [6, 6.07) is 7.03. The minimum absolute atomic E-state index is 0.0685. The number of piperazine rings is 1. The van der Waals surface area contributed by atoms with Gasteiger partial charge in [-0.15, -0.1) is 0 Å². The van der Waals surface area contributed by atoms with Gasteiger partial charge in [-0.1, -0.05) is 12.1 Å². The third-order valence-corrected chi connectivity index (χ3v) is 6.41. The van der Waals surface area contributed by atoms with Crippen molar-refractivity contribution in [2.45, 2.75) is 25.2 Å². The van der Waals surface area contributed by atoms with Gasteiger partial charge in [-0.05, 0) is 38.7 Å². The summed E-state index contributed by atoms with van der Waals surface area (Å²) in [5, 5.41) is 0. The number of carbonyl (C=O) groups is 4. The van der Waals surface area contributed by atoms with E-state index in [0.29, 0.717) is 50.6 Å². The third kappa shape index (κ3) is 5.32. The van der Waals surface area contributed by atoms with E-state index in [4.69, 9.17) is 9.47 Å². The lowest BCUT2D eigenvalue weighted by Crippen LogP contribution is -2.52. The zero-order valence-corrected chi connectivity index (χ0v) is 20.4. The molecule has 0 unspecified atom stereocenters. The summed E-state index contributed by atoms with van der Waals surface area (Å²) in [5.41, 5.74) is -0.691. The van der Waals surface area contributed by atoms with Crippen LogP contribution in [0.4, 0.5) is 4.79 Å². The summed E-state index contributed by atoms with van der Waals surface area (Å²) in [4.78, 5) is 58.4. The predicted octanol–water partition coefficient (Wildman–Crippen LogP) is 0.944. The number of benzene rings is 1. The van der Waals surface area contributed by atoms with Crippen LogP contribution in [0.15, 0.2) is 24.3 Å². The lowest BCUT2D eigenvalue weighted by molar-refractivity contribution is -0.143. The lowest BCUT2D eigenvalue weighted by Gasteiger charge is -2.36. The standard InChI is InChI=1S/C24H34N4O6/c1-5-34-23(32)27-12-10-26(11-13-27)20(29)16-24(18-7-6-8-19(15-18)33-4)17-21(30)28(22(24)31)14-9-25(2)3/h6-8,15H,5,9-14,16-17H2,1-4H3/t24-/m1/s1. The number of likely N-dealkylation sites (tertiary alicyclic amines) is 1. The molecule has 2 aliphatic rings. The predicted molar refractivity (Wildman–Crippen MR) is 124 cm³/mol. The summed E-state index contributed by atoms with van der Waals surface area (Å²) >= 11 is 0. The maximum Gasteiger partial charge on any atom is 0.409 e. The zero-order chi connectivity index (χ0) is 24.9. The molecule has 0 saturated carbocycles. The number of nitrogens with zero attached hydrogens (tertiary/aromatic N) is 4. The SMILES string of the molecule is CCOC(=O)N1CCN(C(=O)C[C@]2(c3cccc(OC)c3)CC(=O)N(CCN(C)C)C2=O)CC1. The smallest absolute Gasteiger partial charge is 0.409 e. The molecule has 0 aliphatic carbocycles. The highest BCUT2D eigenvalue weighted by Crippen LogP contribution is 2.41. The molecule has 186 valence electrons. The van der Waals surface area contributed by atoms with Gasteiger partial charge in [-0.25, -0.2) is 4.79 Å². The molecule has 10 nitrogen and oxygen atoms in total. The molecule has 10 heteroatoms. The van der Waals surface area contributed by atoms with Crippen molar-refractivity contribution in [3.05, 3.63) is 29.8 Å². The number of amides is 4. The quantitative estimate of drug-likeness (QED) is 0.517. The molecule has 2 heterocycles. The molecule has 4 amide bonds. The summed E-state index contributed by atoms with van der Waals surface area (Å²) < 4.78 is 10.4. The van der Waals surface area contributed by atoms with Crippen LogP contribution in [0.5, 0.6) is 5.75 Å². The van der Waals surface area contributed by atoms with Crippen LogP contribution in [0.25, 0.3) is 0 Å². The first-order valence-corrected chi connectivity index (χ1v) is 11.6. The molecule has 2 aliphatic heterocycles. The van der Waals surface area contributed by atoms with E-state index in [9.17, 15) is 19.2 Å². The number of ether oxygens (including phenoxy) is 2. The molecule has 0 radical (unpaired) electrons. The van der Waals surface area contributed by atoms with E-state index in [1.807, 2.05) is 19.0 Å². The van der Waals surface area contributed by atoms with Crippen LogP contribution < -0.4 is 4.74 Å². The van der Waals surface area contributed by atoms with Crippen molar-refractivity contribution in [1.29, 1.82) is 0 Å². The van der Waals surface area contributed by atoms with Crippen molar-refractivity contribution >= 4 is 23.8 Å². The normalized spacial score (nSPS) is 20.8. The molecule has 1 aromatic carbocycles. The minimum atomic E-state index is -1.28. The van der Waals surface area contributed by atoms with E-state index in [-0.39, 0.29) is 37.1 Å². The van der Waals surface area contributed by atoms with Gasteiger partial charge in [0, 0.05) is 52.1 Å². The molecule has 2 fully saturated rings. The van der Waals surface area contributed by atoms with Crippen LogP contribution in [0, 0.1) is 0 Å². The maximum absolute atomic E-state index is 13.7. The van der Waals surface area contributed by atoms with Gasteiger partial charge in [0.15, 0.2) is 0 Å². The Hall–Kier alpha value is -3.14. The largest absolute Gasteiger partial charge is 0.497 e. The average molecular weight is 475 g/mol. The number of hydrogen-bond donors (Lipinski definition) is 0. The van der Waals surface area contributed by atoms with Gasteiger partial charge in [-0.2, -0.15) is 0 Å². The van der Waals surface area contributed by atoms with Crippen LogP contribution in [0.2, 0.25) is 0 Å². The Morgan fingerprint density at radius 1 is 1.09 bits per heavy atom. The molecule has 3 rings (SSSR count). The van der Waals surface area contributed by atoms with E-state index in [1.165, 1.54) is 12.0 Å². The number of imide groups is 1. The Balaban J connectivity index is 1.83. The summed E-state index contributed by atoms with van der Waals surface area (Å²) in [6.07, 6.45) is -0.584. The first-order valence-electron chi connectivity index (χ1n) is 11.6. The number of hydrogen-bond acceptors (Lipinski definition) is 7. The molecule has 1 aromatic rings. The van der Waals surface area contributed by atoms with Crippen LogP contribution in [-0.2, 0) is 24.5 Å². The average Bonchev–Trinajstić information content (AvgIpc) is 3.07. The van der Waals surface area contributed by atoms with Crippen molar-refractivity contribution < 1.29 is 28.7 Å². The summed E-state index contributed by atoms with van der Waals surface area (Å²) in [5.74, 6) is -0.304. The Morgan fingerprint density at radius 2 is 1.76 bits per heavy atom. The fraction of sp³-hybridized carbons (Fsp3) is 0.583. The van der Waals surface area contributed by atoms with Crippen molar-refractivity contribution in [3.63, 3.8) is 0 Å². The highest BCUT2D eigenvalue weighted by molar-refractivity contribution is 6.10. The minimum Gasteiger partial charge on any atom is -0.497 e. The van der Waals surface area contributed by atoms with Crippen LogP contribution in [-0.4, -0.2) is 110 Å². The molecule has 1 atom stereocenters. The van der Waals surface area contributed by atoms with Gasteiger partial charge in [-0.3, -0.25) is 19.3 Å². The van der Waals surface area contributed by atoms with Crippen molar-refractivity contribution in [2.24, 2.45) is 0 Å². The maximum atomic E-state index is 13.7. The highest BCUT2D eigenvalue weighted by atomic mass is 16.6. The fourth-order valence-electron chi connectivity index (χ4n) is 4.44. The molecule has 0 bridgehead atoms. The first kappa shape index (κ1) is 25.5. The summed E-state index contributed by atoms with van der Waals surface area (Å²) in [6.45, 7) is 4.25. The van der Waals surface area contributed by atoms with Crippen LogP contribution in [0.1, 0.15) is 25.3 Å². The van der Waals surface area contributed by atoms with Gasteiger partial charge in [0.1, 0.15) is 5.75 Å². The molecule has 0 spiro atoms. The van der Waals surface area contributed by atoms with Gasteiger partial charge in [0.2, 0.25) is 17.7 Å². The Labute approximate surface area is 200 Å². The topological polar surface area (TPSA) is 99.7 Å². The molecular weight excluding hydrogens is 440 g/mol. The monoisotopic (exact) mass is 474 g/mol. The molecular formula is C24H34N4O6. The van der Waals surface area contributed by atoms with Crippen molar-refractivity contribution in [2.75, 3.05) is 67.1 Å². The number of likely N-dealkylation sites (N-methyl/N-ethyl adjacent to an activating group) is 1. The molecule has 0 aromatic heterocycles. The molecule has 0 N–H and O–H groups in total. The second-order valence-corrected chi connectivity index (χ2v) is 8.89. The Kier molecular flexibility index (Phi) is 8.14. The van der Waals surface area contributed by atoms with E-state index in [1.54, 1.807) is 41.0 Å². The van der Waals surface area contributed by atoms with E-state index in [0.717, 1.165) is 0 Å². The van der Waals surface area contributed by atoms with Crippen molar-refractivity contribution in [1.82, 2.24) is 19.6 Å². The van der Waals surface area contributed by atoms with E-state index < -0.39 is 11.5 Å². The number of rotatable bonds is 8. The zero-order valence-electron chi connectivity index (χ0n) is 20.4. The highest BCUT2D eigenvalue weighted by Gasteiger charge is 2.54. The second-order valence-electron chi connectivity index (χ2n) is 8.89. The second kappa shape index (κ2) is 10.9. The summed E-state index contributed by atoms with van der Waals surface area (Å²) in [7, 11) is 5.28. The molecule has 34 heavy (non-hydrogen) atoms. The number of carbonyl (C=O) groups excluding carboxylic acids is 4. The lowest BCUT2D eigenvalue weighted by atomic mass is 9.75. The Bertz CT molecular complexity index is 928. The third-order valence-electron chi connectivity index (χ3n) is 6.41. The fourth-order valence-corrected chi connectivity index (χ4v) is 4.44. The van der Waals surface area contributed by atoms with Gasteiger partial charge in [0.25, 0.3) is 0 Å². The van der Waals surface area contributed by atoms with Crippen molar-refractivity contribution in [3.8, 4) is 5.75 Å². The van der Waals surface area contributed by atoms with Gasteiger partial charge < -0.3 is 24.2 Å². The molecule has 2 saturated heterocycles. The van der Waals surface area contributed by atoms with Gasteiger partial charge >= 0.3 is 6.09 Å².